The van der Waals surface area contributed by atoms with Crippen LogP contribution in [-0.2, 0) is 4.79 Å². The zero-order chi connectivity index (χ0) is 18.5. The number of amides is 3. The third kappa shape index (κ3) is 4.43. The highest BCUT2D eigenvalue weighted by Crippen LogP contribution is 2.55. The van der Waals surface area contributed by atoms with E-state index in [1.807, 2.05) is 0 Å². The number of nitrogens with zero attached hydrogens (tertiary/aromatic N) is 1. The summed E-state index contributed by atoms with van der Waals surface area (Å²) < 4.78 is 0. The molecule has 6 nitrogen and oxygen atoms in total. The zero-order valence-electron chi connectivity index (χ0n) is 16.6. The molecule has 1 saturated heterocycles. The maximum atomic E-state index is 12.5. The van der Waals surface area contributed by atoms with Crippen molar-refractivity contribution in [2.75, 3.05) is 19.6 Å². The smallest absolute Gasteiger partial charge is 0.321 e. The van der Waals surface area contributed by atoms with Gasteiger partial charge in [0.25, 0.3) is 0 Å². The van der Waals surface area contributed by atoms with Crippen LogP contribution in [0.2, 0.25) is 0 Å². The molecular weight excluding hydrogens is 364 g/mol. The summed E-state index contributed by atoms with van der Waals surface area (Å²) in [6, 6.07) is -0.133. The van der Waals surface area contributed by atoms with Gasteiger partial charge in [0.1, 0.15) is 0 Å². The molecule has 3 amide bonds. The summed E-state index contributed by atoms with van der Waals surface area (Å²) in [5.41, 5.74) is 6.10. The van der Waals surface area contributed by atoms with Crippen LogP contribution in [0.5, 0.6) is 0 Å². The number of likely N-dealkylation sites (tertiary alicyclic amines) is 1. The highest BCUT2D eigenvalue weighted by atomic mass is 35.5. The van der Waals surface area contributed by atoms with Gasteiger partial charge in [-0.25, -0.2) is 4.79 Å². The van der Waals surface area contributed by atoms with Crippen LogP contribution in [0, 0.1) is 23.2 Å². The van der Waals surface area contributed by atoms with Crippen molar-refractivity contribution in [3.8, 4) is 0 Å². The van der Waals surface area contributed by atoms with Crippen molar-refractivity contribution >= 4 is 24.3 Å². The molecule has 5 fully saturated rings. The second-order valence-corrected chi connectivity index (χ2v) is 10.3. The summed E-state index contributed by atoms with van der Waals surface area (Å²) in [5.74, 6) is 2.12. The number of carbonyl (C=O) groups is 2. The Morgan fingerprint density at radius 3 is 2.15 bits per heavy atom. The Labute approximate surface area is 168 Å². The average molecular weight is 399 g/mol. The molecule has 0 aromatic carbocycles. The van der Waals surface area contributed by atoms with Crippen LogP contribution in [0.1, 0.15) is 58.8 Å². The summed E-state index contributed by atoms with van der Waals surface area (Å²) in [4.78, 5) is 26.9. The maximum absolute atomic E-state index is 12.5. The van der Waals surface area contributed by atoms with E-state index in [1.54, 1.807) is 0 Å². The summed E-state index contributed by atoms with van der Waals surface area (Å²) in [6.45, 7) is 6.15. The van der Waals surface area contributed by atoms with E-state index in [9.17, 15) is 9.59 Å². The molecule has 7 heteroatoms. The molecule has 1 atom stereocenters. The van der Waals surface area contributed by atoms with Crippen LogP contribution in [-0.4, -0.2) is 48.1 Å². The van der Waals surface area contributed by atoms with Gasteiger partial charge in [-0.05, 0) is 68.1 Å². The lowest BCUT2D eigenvalue weighted by Gasteiger charge is -2.56. The van der Waals surface area contributed by atoms with Crippen LogP contribution in [0.3, 0.4) is 0 Å². The van der Waals surface area contributed by atoms with Gasteiger partial charge in [0.15, 0.2) is 0 Å². The SMILES string of the molecule is CC1(C)CN(CC(=O)NC(=O)NC23CC4CC(CC(C4)C2)C3)CCC1N.Cl. The molecule has 5 aliphatic rings. The number of nitrogens with one attached hydrogen (secondary N) is 2. The molecule has 1 aliphatic heterocycles. The van der Waals surface area contributed by atoms with E-state index in [2.05, 4.69) is 29.4 Å². The molecule has 5 rings (SSSR count). The lowest BCUT2D eigenvalue weighted by molar-refractivity contribution is -0.122. The van der Waals surface area contributed by atoms with Crippen LogP contribution in [0.25, 0.3) is 0 Å². The highest BCUT2D eigenvalue weighted by molar-refractivity contribution is 5.95. The number of carbonyl (C=O) groups excluding carboxylic acids is 2. The van der Waals surface area contributed by atoms with Gasteiger partial charge in [0.05, 0.1) is 6.54 Å². The van der Waals surface area contributed by atoms with E-state index in [4.69, 9.17) is 5.73 Å². The van der Waals surface area contributed by atoms with E-state index < -0.39 is 0 Å². The average Bonchev–Trinajstić information content (AvgIpc) is 2.48. The van der Waals surface area contributed by atoms with Crippen LogP contribution in [0.15, 0.2) is 0 Å². The number of halogens is 1. The fraction of sp³-hybridized carbons (Fsp3) is 0.900. The molecule has 0 spiro atoms. The molecule has 4 aliphatic carbocycles. The van der Waals surface area contributed by atoms with Gasteiger partial charge in [-0.1, -0.05) is 13.8 Å². The molecule has 0 aromatic heterocycles. The number of hydrogen-bond donors (Lipinski definition) is 3. The Morgan fingerprint density at radius 1 is 1.07 bits per heavy atom. The minimum Gasteiger partial charge on any atom is -0.332 e. The first-order valence-electron chi connectivity index (χ1n) is 10.3. The molecule has 4 N–H and O–H groups in total. The van der Waals surface area contributed by atoms with Gasteiger partial charge in [-0.3, -0.25) is 15.0 Å². The van der Waals surface area contributed by atoms with Crippen LogP contribution in [0.4, 0.5) is 4.79 Å². The van der Waals surface area contributed by atoms with Gasteiger partial charge in [-0.2, -0.15) is 0 Å². The van der Waals surface area contributed by atoms with Gasteiger partial charge in [0, 0.05) is 24.7 Å². The molecule has 4 saturated carbocycles. The standard InChI is InChI=1S/C20H34N4O2.ClH/c1-19(2)12-24(4-3-16(19)21)11-17(25)22-18(26)23-20-8-13-5-14(9-20)7-15(6-13)10-20;/h13-16H,3-12,21H2,1-2H3,(H2,22,23,25,26);1H. The Morgan fingerprint density at radius 2 is 1.63 bits per heavy atom. The van der Waals surface area contributed by atoms with Crippen LogP contribution >= 0.6 is 12.4 Å². The number of hydrogen-bond acceptors (Lipinski definition) is 4. The topological polar surface area (TPSA) is 87.5 Å². The van der Waals surface area contributed by atoms with Gasteiger partial charge in [-0.15, -0.1) is 12.4 Å². The second kappa shape index (κ2) is 7.53. The fourth-order valence-electron chi connectivity index (χ4n) is 6.53. The van der Waals surface area contributed by atoms with E-state index in [0.717, 1.165) is 56.5 Å². The predicted octanol–water partition coefficient (Wildman–Crippen LogP) is 2.26. The second-order valence-electron chi connectivity index (χ2n) is 10.3. The Bertz CT molecular complexity index is 559. The summed E-state index contributed by atoms with van der Waals surface area (Å²) >= 11 is 0. The van der Waals surface area contributed by atoms with Crippen LogP contribution < -0.4 is 16.4 Å². The Balaban J connectivity index is 0.00000210. The van der Waals surface area contributed by atoms with E-state index in [-0.39, 0.29) is 47.9 Å². The monoisotopic (exact) mass is 398 g/mol. The van der Waals surface area contributed by atoms with Crippen molar-refractivity contribution in [2.45, 2.75) is 70.4 Å². The Hall–Kier alpha value is -0.850. The summed E-state index contributed by atoms with van der Waals surface area (Å²) in [5, 5.41) is 5.79. The molecule has 1 heterocycles. The number of imide groups is 1. The summed E-state index contributed by atoms with van der Waals surface area (Å²) in [6.07, 6.45) is 8.20. The first-order valence-corrected chi connectivity index (χ1v) is 10.3. The minimum atomic E-state index is -0.301. The van der Waals surface area contributed by atoms with E-state index >= 15 is 0 Å². The Kier molecular flexibility index (Phi) is 5.82. The number of nitrogens with two attached hydrogens (primary N) is 1. The third-order valence-electron chi connectivity index (χ3n) is 7.43. The lowest BCUT2D eigenvalue weighted by atomic mass is 9.53. The molecule has 154 valence electrons. The van der Waals surface area contributed by atoms with Crippen molar-refractivity contribution in [1.82, 2.24) is 15.5 Å². The number of rotatable bonds is 3. The fourth-order valence-corrected chi connectivity index (χ4v) is 6.53. The van der Waals surface area contributed by atoms with Crippen molar-refractivity contribution < 1.29 is 9.59 Å². The third-order valence-corrected chi connectivity index (χ3v) is 7.43. The van der Waals surface area contributed by atoms with Crippen molar-refractivity contribution in [1.29, 1.82) is 0 Å². The van der Waals surface area contributed by atoms with Crippen molar-refractivity contribution in [3.05, 3.63) is 0 Å². The largest absolute Gasteiger partial charge is 0.332 e. The molecule has 1 unspecified atom stereocenters. The quantitative estimate of drug-likeness (QED) is 0.680. The number of piperidine rings is 1. The molecule has 4 bridgehead atoms. The first kappa shape index (κ1) is 20.9. The highest BCUT2D eigenvalue weighted by Gasteiger charge is 2.51. The normalized spacial score (nSPS) is 39.5. The predicted molar refractivity (Wildman–Crippen MR) is 108 cm³/mol. The van der Waals surface area contributed by atoms with Gasteiger partial charge < -0.3 is 11.1 Å². The molecule has 0 radical (unpaired) electrons. The lowest BCUT2D eigenvalue weighted by Crippen LogP contribution is -2.62. The number of urea groups is 1. The van der Waals surface area contributed by atoms with Crippen molar-refractivity contribution in [2.24, 2.45) is 28.9 Å². The zero-order valence-corrected chi connectivity index (χ0v) is 17.4. The first-order chi connectivity index (χ1) is 12.2. The minimum absolute atomic E-state index is 0. The van der Waals surface area contributed by atoms with Crippen molar-refractivity contribution in [3.63, 3.8) is 0 Å². The van der Waals surface area contributed by atoms with E-state index in [0.29, 0.717) is 0 Å². The molecular formula is C20H35ClN4O2. The maximum Gasteiger partial charge on any atom is 0.321 e. The van der Waals surface area contributed by atoms with Gasteiger partial charge in [0.2, 0.25) is 5.91 Å². The van der Waals surface area contributed by atoms with Gasteiger partial charge >= 0.3 is 6.03 Å². The van der Waals surface area contributed by atoms with E-state index in [1.165, 1.54) is 19.3 Å². The molecule has 27 heavy (non-hydrogen) atoms. The summed E-state index contributed by atoms with van der Waals surface area (Å²) in [7, 11) is 0. The molecule has 0 aromatic rings.